The van der Waals surface area contributed by atoms with E-state index < -0.39 is 11.4 Å². The van der Waals surface area contributed by atoms with Crippen molar-refractivity contribution in [2.24, 2.45) is 0 Å². The highest BCUT2D eigenvalue weighted by atomic mass is 35.5. The SMILES string of the molecule is CC(N[S@@+]([O-])C(C)(C)C)c1ccccc1Cl. The maximum absolute atomic E-state index is 11.9. The normalized spacial score (nSPS) is 15.9. The van der Waals surface area contributed by atoms with Crippen LogP contribution >= 0.6 is 11.6 Å². The Morgan fingerprint density at radius 2 is 1.88 bits per heavy atom. The molecule has 1 N–H and O–H groups in total. The van der Waals surface area contributed by atoms with Crippen molar-refractivity contribution >= 4 is 23.0 Å². The Kier molecular flexibility index (Phi) is 4.68. The Morgan fingerprint density at radius 3 is 2.38 bits per heavy atom. The molecular formula is C12H18ClNOS. The zero-order valence-electron chi connectivity index (χ0n) is 10.1. The Bertz CT molecular complexity index is 351. The zero-order valence-corrected chi connectivity index (χ0v) is 11.7. The van der Waals surface area contributed by atoms with Gasteiger partial charge in [-0.15, -0.1) is 4.72 Å². The second kappa shape index (κ2) is 5.41. The predicted molar refractivity (Wildman–Crippen MR) is 70.9 cm³/mol. The summed E-state index contributed by atoms with van der Waals surface area (Å²) in [4.78, 5) is 0. The van der Waals surface area contributed by atoms with Gasteiger partial charge in [0.25, 0.3) is 0 Å². The summed E-state index contributed by atoms with van der Waals surface area (Å²) in [6.45, 7) is 7.78. The highest BCUT2D eigenvalue weighted by molar-refractivity contribution is 7.90. The van der Waals surface area contributed by atoms with E-state index in [1.807, 2.05) is 52.0 Å². The van der Waals surface area contributed by atoms with Gasteiger partial charge in [-0.1, -0.05) is 29.8 Å². The van der Waals surface area contributed by atoms with Gasteiger partial charge < -0.3 is 4.55 Å². The molecule has 1 unspecified atom stereocenters. The molecule has 4 heteroatoms. The minimum absolute atomic E-state index is 0.0197. The van der Waals surface area contributed by atoms with Crippen molar-refractivity contribution < 1.29 is 4.55 Å². The lowest BCUT2D eigenvalue weighted by molar-refractivity contribution is 0.531. The summed E-state index contributed by atoms with van der Waals surface area (Å²) in [5.41, 5.74) is 0.974. The first-order valence-electron chi connectivity index (χ1n) is 5.25. The number of benzene rings is 1. The van der Waals surface area contributed by atoms with Crippen LogP contribution in [0, 0.1) is 0 Å². The van der Waals surface area contributed by atoms with Crippen molar-refractivity contribution in [3.63, 3.8) is 0 Å². The Hall–Kier alpha value is -0.220. The number of rotatable bonds is 3. The second-order valence-corrected chi connectivity index (χ2v) is 7.15. The molecule has 0 heterocycles. The molecule has 0 aliphatic heterocycles. The van der Waals surface area contributed by atoms with Gasteiger partial charge in [-0.2, -0.15) is 0 Å². The molecule has 1 rings (SSSR count). The zero-order chi connectivity index (χ0) is 12.3. The van der Waals surface area contributed by atoms with Crippen molar-refractivity contribution in [2.75, 3.05) is 0 Å². The van der Waals surface area contributed by atoms with Crippen LogP contribution < -0.4 is 4.72 Å². The fourth-order valence-corrected chi connectivity index (χ4v) is 2.33. The van der Waals surface area contributed by atoms with E-state index in [4.69, 9.17) is 11.6 Å². The molecule has 0 fully saturated rings. The van der Waals surface area contributed by atoms with E-state index in [1.165, 1.54) is 0 Å². The molecule has 0 aromatic heterocycles. The molecule has 0 aliphatic rings. The van der Waals surface area contributed by atoms with Crippen LogP contribution in [0.4, 0.5) is 0 Å². The number of hydrogen-bond acceptors (Lipinski definition) is 2. The van der Waals surface area contributed by atoms with Gasteiger partial charge >= 0.3 is 0 Å². The van der Waals surface area contributed by atoms with E-state index in [2.05, 4.69) is 4.72 Å². The van der Waals surface area contributed by atoms with Crippen molar-refractivity contribution in [1.29, 1.82) is 0 Å². The van der Waals surface area contributed by atoms with Crippen LogP contribution in [0.3, 0.4) is 0 Å². The molecule has 0 bridgehead atoms. The highest BCUT2D eigenvalue weighted by Crippen LogP contribution is 2.24. The summed E-state index contributed by atoms with van der Waals surface area (Å²) in [7, 11) is 0. The van der Waals surface area contributed by atoms with Gasteiger partial charge in [0.15, 0.2) is 0 Å². The van der Waals surface area contributed by atoms with Gasteiger partial charge in [0.1, 0.15) is 4.75 Å². The average Bonchev–Trinajstić information content (AvgIpc) is 2.16. The third-order valence-corrected chi connectivity index (χ3v) is 4.24. The highest BCUT2D eigenvalue weighted by Gasteiger charge is 2.28. The maximum Gasteiger partial charge on any atom is 0.136 e. The Balaban J connectivity index is 2.73. The number of halogens is 1. The van der Waals surface area contributed by atoms with E-state index in [1.54, 1.807) is 0 Å². The van der Waals surface area contributed by atoms with Gasteiger partial charge in [-0.3, -0.25) is 0 Å². The van der Waals surface area contributed by atoms with Crippen molar-refractivity contribution in [1.82, 2.24) is 4.72 Å². The number of nitrogens with one attached hydrogen (secondary N) is 1. The summed E-state index contributed by atoms with van der Waals surface area (Å²) in [6.07, 6.45) is 0. The molecule has 0 saturated carbocycles. The van der Waals surface area contributed by atoms with Gasteiger partial charge in [0, 0.05) is 16.4 Å². The molecule has 0 spiro atoms. The third kappa shape index (κ3) is 3.67. The molecule has 2 atom stereocenters. The maximum atomic E-state index is 11.9. The molecule has 0 amide bonds. The lowest BCUT2D eigenvalue weighted by Gasteiger charge is -2.26. The number of hydrogen-bond donors (Lipinski definition) is 1. The van der Waals surface area contributed by atoms with Crippen molar-refractivity contribution in [2.45, 2.75) is 38.5 Å². The van der Waals surface area contributed by atoms with Crippen LogP contribution in [-0.2, 0) is 11.4 Å². The predicted octanol–water partition coefficient (Wildman–Crippen LogP) is 3.45. The van der Waals surface area contributed by atoms with Crippen LogP contribution in [0.25, 0.3) is 0 Å². The van der Waals surface area contributed by atoms with Gasteiger partial charge in [0.2, 0.25) is 0 Å². The van der Waals surface area contributed by atoms with Crippen molar-refractivity contribution in [3.8, 4) is 0 Å². The summed E-state index contributed by atoms with van der Waals surface area (Å²) < 4.78 is 14.7. The molecule has 0 radical (unpaired) electrons. The minimum atomic E-state index is -1.08. The minimum Gasteiger partial charge on any atom is -0.598 e. The molecule has 0 aliphatic carbocycles. The summed E-state index contributed by atoms with van der Waals surface area (Å²) in [5.74, 6) is 0. The van der Waals surface area contributed by atoms with E-state index in [9.17, 15) is 4.55 Å². The molecule has 16 heavy (non-hydrogen) atoms. The molecule has 1 aromatic rings. The fourth-order valence-electron chi connectivity index (χ4n) is 1.23. The fraction of sp³-hybridized carbons (Fsp3) is 0.500. The Labute approximate surface area is 106 Å². The third-order valence-electron chi connectivity index (χ3n) is 2.21. The first-order chi connectivity index (χ1) is 7.32. The summed E-state index contributed by atoms with van der Waals surface area (Å²) >= 11 is 4.99. The van der Waals surface area contributed by atoms with E-state index in [0.29, 0.717) is 5.02 Å². The largest absolute Gasteiger partial charge is 0.598 e. The monoisotopic (exact) mass is 259 g/mol. The van der Waals surface area contributed by atoms with E-state index in [-0.39, 0.29) is 10.8 Å². The van der Waals surface area contributed by atoms with Crippen LogP contribution in [0.2, 0.25) is 5.02 Å². The molecule has 2 nitrogen and oxygen atoms in total. The van der Waals surface area contributed by atoms with Gasteiger partial charge in [-0.25, -0.2) is 0 Å². The Morgan fingerprint density at radius 1 is 1.31 bits per heavy atom. The van der Waals surface area contributed by atoms with Gasteiger partial charge in [0.05, 0.1) is 6.04 Å². The van der Waals surface area contributed by atoms with Gasteiger partial charge in [-0.05, 0) is 39.3 Å². The standard InChI is InChI=1S/C12H18ClNOS/c1-9(14-16(15)12(2,3)4)10-7-5-6-8-11(10)13/h5-9,14H,1-4H3/t9?,16-/m0/s1. The summed E-state index contributed by atoms with van der Waals surface area (Å²) in [5, 5.41) is 0.702. The average molecular weight is 260 g/mol. The first kappa shape index (κ1) is 13.8. The van der Waals surface area contributed by atoms with Crippen LogP contribution in [0.15, 0.2) is 24.3 Å². The lowest BCUT2D eigenvalue weighted by atomic mass is 10.1. The van der Waals surface area contributed by atoms with Crippen LogP contribution in [0.1, 0.15) is 39.3 Å². The first-order valence-corrected chi connectivity index (χ1v) is 6.77. The molecule has 1 aromatic carbocycles. The van der Waals surface area contributed by atoms with E-state index in [0.717, 1.165) is 5.56 Å². The van der Waals surface area contributed by atoms with Crippen molar-refractivity contribution in [3.05, 3.63) is 34.9 Å². The quantitative estimate of drug-likeness (QED) is 0.844. The summed E-state index contributed by atoms with van der Waals surface area (Å²) in [6, 6.07) is 7.59. The van der Waals surface area contributed by atoms with Crippen LogP contribution in [0.5, 0.6) is 0 Å². The smallest absolute Gasteiger partial charge is 0.136 e. The van der Waals surface area contributed by atoms with Crippen LogP contribution in [-0.4, -0.2) is 9.30 Å². The molecule has 90 valence electrons. The topological polar surface area (TPSA) is 35.1 Å². The second-order valence-electron chi connectivity index (χ2n) is 4.74. The molecular weight excluding hydrogens is 242 g/mol. The van der Waals surface area contributed by atoms with E-state index >= 15 is 0 Å². The lowest BCUT2D eigenvalue weighted by Crippen LogP contribution is -2.40. The molecule has 0 saturated heterocycles.